The van der Waals surface area contributed by atoms with Crippen LogP contribution in [0.2, 0.25) is 0 Å². The second-order valence-corrected chi connectivity index (χ2v) is 13.7. The highest BCUT2D eigenvalue weighted by Gasteiger charge is 2.40. The average molecular weight is 667 g/mol. The lowest BCUT2D eigenvalue weighted by Crippen LogP contribution is -2.59. The number of carbonyl (C=O) groups excluding carboxylic acids is 1. The molecule has 2 aliphatic rings. The van der Waals surface area contributed by atoms with Gasteiger partial charge >= 0.3 is 18.0 Å². The van der Waals surface area contributed by atoms with Gasteiger partial charge in [0.1, 0.15) is 17.2 Å². The Morgan fingerprint density at radius 1 is 1.04 bits per heavy atom. The molecule has 1 saturated heterocycles. The molecule has 2 aliphatic heterocycles. The molecular weight excluding hydrogens is 628 g/mol. The van der Waals surface area contributed by atoms with Crippen LogP contribution in [0.25, 0.3) is 22.0 Å². The summed E-state index contributed by atoms with van der Waals surface area (Å²) in [4.78, 5) is 34.8. The van der Waals surface area contributed by atoms with E-state index in [9.17, 15) is 27.2 Å². The summed E-state index contributed by atoms with van der Waals surface area (Å²) in [6, 6.07) is 5.08. The van der Waals surface area contributed by atoms with E-state index < -0.39 is 53.1 Å². The Morgan fingerprint density at radius 3 is 2.28 bits per heavy atom. The van der Waals surface area contributed by atoms with Gasteiger partial charge in [0.25, 0.3) is 0 Å². The Kier molecular flexibility index (Phi) is 9.63. The lowest BCUT2D eigenvalue weighted by Gasteiger charge is -2.45. The van der Waals surface area contributed by atoms with Crippen LogP contribution >= 0.6 is 11.8 Å². The van der Waals surface area contributed by atoms with E-state index in [-0.39, 0.29) is 59.2 Å². The van der Waals surface area contributed by atoms with Gasteiger partial charge in [-0.1, -0.05) is 12.1 Å². The summed E-state index contributed by atoms with van der Waals surface area (Å²) >= 11 is 1.16. The first-order valence-electron chi connectivity index (χ1n) is 15.0. The topological polar surface area (TPSA) is 86.1 Å². The van der Waals surface area contributed by atoms with E-state index in [1.54, 1.807) is 30.6 Å². The second-order valence-electron chi connectivity index (χ2n) is 12.6. The number of benzene rings is 2. The molecule has 0 unspecified atom stereocenters. The zero-order chi connectivity index (χ0) is 33.6. The molecule has 1 aromatic heterocycles. The first kappa shape index (κ1) is 34.0. The summed E-state index contributed by atoms with van der Waals surface area (Å²) < 4.78 is 76.7. The predicted molar refractivity (Wildman–Crippen MR) is 168 cm³/mol. The van der Waals surface area contributed by atoms with E-state index in [1.807, 2.05) is 13.8 Å². The van der Waals surface area contributed by atoms with Crippen molar-refractivity contribution >= 4 is 34.6 Å². The van der Waals surface area contributed by atoms with E-state index in [0.29, 0.717) is 12.1 Å². The van der Waals surface area contributed by atoms with E-state index in [1.165, 1.54) is 23.8 Å². The number of piperazine rings is 1. The third-order valence-corrected chi connectivity index (χ3v) is 9.13. The van der Waals surface area contributed by atoms with Crippen molar-refractivity contribution in [1.29, 1.82) is 0 Å². The molecule has 2 aromatic carbocycles. The normalized spacial score (nSPS) is 20.6. The molecule has 0 radical (unpaired) electrons. The van der Waals surface area contributed by atoms with Crippen LogP contribution < -0.4 is 10.6 Å². The predicted octanol–water partition coefficient (Wildman–Crippen LogP) is 6.19. The van der Waals surface area contributed by atoms with Crippen LogP contribution in [-0.2, 0) is 26.9 Å². The summed E-state index contributed by atoms with van der Waals surface area (Å²) in [5.74, 6) is -0.219. The third kappa shape index (κ3) is 6.98. The fraction of sp³-hybridized carbons (Fsp3) is 0.531. The Labute approximate surface area is 268 Å². The van der Waals surface area contributed by atoms with Crippen LogP contribution in [0.3, 0.4) is 0 Å². The number of ether oxygens (including phenoxy) is 3. The van der Waals surface area contributed by atoms with Crippen LogP contribution in [-0.4, -0.2) is 83.5 Å². The highest BCUT2D eigenvalue weighted by Crippen LogP contribution is 2.48. The number of alkyl halides is 3. The fourth-order valence-corrected chi connectivity index (χ4v) is 7.36. The van der Waals surface area contributed by atoms with Gasteiger partial charge in [-0.05, 0) is 58.4 Å². The lowest BCUT2D eigenvalue weighted by molar-refractivity contribution is -0.137. The van der Waals surface area contributed by atoms with E-state index in [4.69, 9.17) is 14.2 Å². The average Bonchev–Trinajstić information content (AvgIpc) is 3.14. The number of hydrogen-bond donors (Lipinski definition) is 0. The maximum absolute atomic E-state index is 14.9. The van der Waals surface area contributed by atoms with Gasteiger partial charge in [0.2, 0.25) is 0 Å². The Balaban J connectivity index is 1.70. The molecule has 3 aromatic rings. The monoisotopic (exact) mass is 666 g/mol. The van der Waals surface area contributed by atoms with Crippen LogP contribution in [0.4, 0.5) is 28.2 Å². The molecule has 0 spiro atoms. The molecule has 250 valence electrons. The van der Waals surface area contributed by atoms with Gasteiger partial charge < -0.3 is 19.1 Å². The SMILES string of the molecule is COCCO[C@@H]1CSc2c(-c3ccc(F)cc3)c(C(F)(F)F)cc3c(N4C[C@@H](C)N(C(=O)OC(C)(C)C)[C@@H](C)C4)nc(=O)n(c23)C1. The second kappa shape index (κ2) is 13.0. The summed E-state index contributed by atoms with van der Waals surface area (Å²) in [5.41, 5.74) is -1.93. The van der Waals surface area contributed by atoms with E-state index in [0.717, 1.165) is 30.0 Å². The van der Waals surface area contributed by atoms with Crippen molar-refractivity contribution in [1.82, 2.24) is 14.5 Å². The van der Waals surface area contributed by atoms with Crippen molar-refractivity contribution in [2.24, 2.45) is 0 Å². The number of halogens is 4. The smallest absolute Gasteiger partial charge is 0.417 e. The van der Waals surface area contributed by atoms with Crippen molar-refractivity contribution in [3.63, 3.8) is 0 Å². The first-order valence-corrected chi connectivity index (χ1v) is 16.0. The van der Waals surface area contributed by atoms with Crippen molar-refractivity contribution in [2.75, 3.05) is 44.1 Å². The summed E-state index contributed by atoms with van der Waals surface area (Å²) in [5, 5.41) is 0.156. The van der Waals surface area contributed by atoms with E-state index in [2.05, 4.69) is 4.98 Å². The number of nitrogens with zero attached hydrogens (tertiary/aromatic N) is 4. The molecule has 5 rings (SSSR count). The zero-order valence-corrected chi connectivity index (χ0v) is 27.4. The molecule has 14 heteroatoms. The van der Waals surface area contributed by atoms with Crippen molar-refractivity contribution in [3.05, 3.63) is 52.2 Å². The minimum atomic E-state index is -4.79. The molecule has 0 bridgehead atoms. The largest absolute Gasteiger partial charge is 0.444 e. The van der Waals surface area contributed by atoms with Crippen molar-refractivity contribution < 1.29 is 36.6 Å². The Morgan fingerprint density at radius 2 is 1.70 bits per heavy atom. The minimum absolute atomic E-state index is 0.0692. The maximum Gasteiger partial charge on any atom is 0.417 e. The van der Waals surface area contributed by atoms with Crippen LogP contribution in [0, 0.1) is 5.82 Å². The van der Waals surface area contributed by atoms with Gasteiger partial charge in [0.05, 0.1) is 49.0 Å². The van der Waals surface area contributed by atoms with Crippen LogP contribution in [0.5, 0.6) is 0 Å². The third-order valence-electron chi connectivity index (χ3n) is 7.90. The van der Waals surface area contributed by atoms with Gasteiger partial charge in [0, 0.05) is 41.8 Å². The van der Waals surface area contributed by atoms with Crippen molar-refractivity contribution in [2.45, 2.75) is 76.0 Å². The lowest BCUT2D eigenvalue weighted by atomic mass is 9.96. The maximum atomic E-state index is 14.9. The molecule has 0 saturated carbocycles. The highest BCUT2D eigenvalue weighted by molar-refractivity contribution is 7.99. The summed E-state index contributed by atoms with van der Waals surface area (Å²) in [6.45, 7) is 9.99. The number of methoxy groups -OCH3 is 1. The fourth-order valence-electron chi connectivity index (χ4n) is 6.07. The Bertz CT molecular complexity index is 1650. The molecule has 1 fully saturated rings. The quantitative estimate of drug-likeness (QED) is 0.228. The highest BCUT2D eigenvalue weighted by atomic mass is 32.2. The van der Waals surface area contributed by atoms with Crippen LogP contribution in [0.15, 0.2) is 40.0 Å². The number of hydrogen-bond acceptors (Lipinski definition) is 8. The molecule has 0 N–H and O–H groups in total. The van der Waals surface area contributed by atoms with Gasteiger partial charge in [-0.2, -0.15) is 18.2 Å². The van der Waals surface area contributed by atoms with Gasteiger partial charge in [0.15, 0.2) is 0 Å². The number of thioether (sulfide) groups is 1. The summed E-state index contributed by atoms with van der Waals surface area (Å²) in [7, 11) is 1.53. The molecular formula is C32H38F4N4O5S. The van der Waals surface area contributed by atoms with E-state index >= 15 is 0 Å². The molecule has 3 atom stereocenters. The number of rotatable bonds is 6. The molecule has 9 nitrogen and oxygen atoms in total. The number of amides is 1. The standard InChI is InChI=1S/C32H38F4N4O5S/c1-18-14-38(15-19(2)40(18)30(42)45-31(3,4)5)28-23-13-24(32(34,35)36)25(20-7-9-21(33)10-8-20)27-26(23)39(29(41)37-28)16-22(17-46-27)44-12-11-43-6/h7-10,13,18-19,22H,11-12,14-17H2,1-6H3/t18-,19+,22-/m0/s1. The number of carbonyl (C=O) groups is 1. The van der Waals surface area contributed by atoms with Gasteiger partial charge in [-0.3, -0.25) is 9.47 Å². The zero-order valence-electron chi connectivity index (χ0n) is 26.6. The summed E-state index contributed by atoms with van der Waals surface area (Å²) in [6.07, 6.45) is -5.80. The van der Waals surface area contributed by atoms with Crippen molar-refractivity contribution in [3.8, 4) is 11.1 Å². The Hall–Kier alpha value is -3.36. The molecule has 3 heterocycles. The van der Waals surface area contributed by atoms with Crippen LogP contribution in [0.1, 0.15) is 40.2 Å². The first-order chi connectivity index (χ1) is 21.6. The molecule has 1 amide bonds. The number of anilines is 1. The number of aromatic nitrogens is 2. The van der Waals surface area contributed by atoms with Gasteiger partial charge in [-0.25, -0.2) is 14.0 Å². The molecule has 46 heavy (non-hydrogen) atoms. The minimum Gasteiger partial charge on any atom is -0.444 e. The van der Waals surface area contributed by atoms with Gasteiger partial charge in [-0.15, -0.1) is 11.8 Å². The molecule has 0 aliphatic carbocycles.